The maximum Gasteiger partial charge on any atom is 0.410 e. The van der Waals surface area contributed by atoms with E-state index in [1.165, 1.54) is 0 Å². The average Bonchev–Trinajstić information content (AvgIpc) is 3.39. The van der Waals surface area contributed by atoms with Gasteiger partial charge in [0.2, 0.25) is 5.91 Å². The Hall–Kier alpha value is -3.75. The maximum absolute atomic E-state index is 12.8. The van der Waals surface area contributed by atoms with E-state index in [9.17, 15) is 14.4 Å². The maximum atomic E-state index is 12.8. The topological polar surface area (TPSA) is 97.4 Å². The molecule has 9 nitrogen and oxygen atoms in total. The van der Waals surface area contributed by atoms with Crippen LogP contribution in [0.5, 0.6) is 5.75 Å². The largest absolute Gasteiger partial charge is 0.490 e. The molecule has 4 rings (SSSR count). The van der Waals surface area contributed by atoms with Gasteiger partial charge in [-0.15, -0.1) is 0 Å². The van der Waals surface area contributed by atoms with E-state index in [4.69, 9.17) is 14.2 Å². The Morgan fingerprint density at radius 2 is 1.53 bits per heavy atom. The Morgan fingerprint density at radius 3 is 2.18 bits per heavy atom. The third-order valence-electron chi connectivity index (χ3n) is 6.54. The second kappa shape index (κ2) is 12.2. The average molecular weight is 524 g/mol. The molecular formula is C29H37N3O6. The lowest BCUT2D eigenvalue weighted by molar-refractivity contribution is -0.119. The van der Waals surface area contributed by atoms with Crippen LogP contribution < -0.4 is 10.1 Å². The summed E-state index contributed by atoms with van der Waals surface area (Å²) in [7, 11) is 0. The monoisotopic (exact) mass is 523 g/mol. The zero-order valence-electron chi connectivity index (χ0n) is 22.4. The number of anilines is 1. The summed E-state index contributed by atoms with van der Waals surface area (Å²) in [4.78, 5) is 40.7. The summed E-state index contributed by atoms with van der Waals surface area (Å²) >= 11 is 0. The van der Waals surface area contributed by atoms with Gasteiger partial charge in [-0.3, -0.25) is 4.79 Å². The van der Waals surface area contributed by atoms with Gasteiger partial charge in [0, 0.05) is 44.7 Å². The van der Waals surface area contributed by atoms with Crippen LogP contribution in [0.25, 0.3) is 0 Å². The molecule has 1 atom stereocenters. The minimum Gasteiger partial charge on any atom is -0.490 e. The molecule has 0 bridgehead atoms. The molecule has 3 amide bonds. The van der Waals surface area contributed by atoms with Crippen LogP contribution in [-0.4, -0.2) is 65.8 Å². The van der Waals surface area contributed by atoms with Gasteiger partial charge in [0.05, 0.1) is 5.92 Å². The molecule has 9 heteroatoms. The number of hydrogen-bond donors (Lipinski definition) is 1. The first-order valence-corrected chi connectivity index (χ1v) is 13.2. The fourth-order valence-corrected chi connectivity index (χ4v) is 4.49. The minimum absolute atomic E-state index is 0.0141. The number of benzene rings is 2. The lowest BCUT2D eigenvalue weighted by Crippen LogP contribution is -2.44. The van der Waals surface area contributed by atoms with E-state index in [0.717, 1.165) is 18.4 Å². The number of hydrogen-bond acceptors (Lipinski definition) is 6. The predicted molar refractivity (Wildman–Crippen MR) is 143 cm³/mol. The zero-order valence-corrected chi connectivity index (χ0v) is 22.4. The Balaban J connectivity index is 1.18. The Morgan fingerprint density at radius 1 is 0.868 bits per heavy atom. The van der Waals surface area contributed by atoms with Crippen LogP contribution in [-0.2, 0) is 20.9 Å². The predicted octanol–water partition coefficient (Wildman–Crippen LogP) is 5.06. The highest BCUT2D eigenvalue weighted by molar-refractivity contribution is 5.93. The van der Waals surface area contributed by atoms with Crippen LogP contribution in [0, 0.1) is 5.92 Å². The molecule has 2 aromatic carbocycles. The molecule has 2 aromatic rings. The molecule has 0 aliphatic carbocycles. The summed E-state index contributed by atoms with van der Waals surface area (Å²) in [6.07, 6.45) is 1.37. The van der Waals surface area contributed by atoms with Crippen molar-refractivity contribution < 1.29 is 28.6 Å². The van der Waals surface area contributed by atoms with E-state index in [0.29, 0.717) is 44.0 Å². The summed E-state index contributed by atoms with van der Waals surface area (Å²) in [6.45, 7) is 7.80. The van der Waals surface area contributed by atoms with E-state index in [2.05, 4.69) is 5.32 Å². The molecule has 38 heavy (non-hydrogen) atoms. The van der Waals surface area contributed by atoms with Gasteiger partial charge in [-0.2, -0.15) is 0 Å². The first kappa shape index (κ1) is 27.3. The molecule has 0 saturated carbocycles. The molecule has 2 saturated heterocycles. The highest BCUT2D eigenvalue weighted by atomic mass is 16.6. The highest BCUT2D eigenvalue weighted by Gasteiger charge is 2.32. The highest BCUT2D eigenvalue weighted by Crippen LogP contribution is 2.24. The molecule has 204 valence electrons. The lowest BCUT2D eigenvalue weighted by Gasteiger charge is -2.33. The molecule has 2 aliphatic rings. The number of piperidine rings is 1. The van der Waals surface area contributed by atoms with E-state index in [1.807, 2.05) is 75.4 Å². The minimum atomic E-state index is -0.507. The number of nitrogens with one attached hydrogen (secondary N) is 1. The van der Waals surface area contributed by atoms with Crippen molar-refractivity contribution in [1.82, 2.24) is 9.80 Å². The van der Waals surface area contributed by atoms with Crippen LogP contribution in [0.3, 0.4) is 0 Å². The first-order chi connectivity index (χ1) is 18.2. The molecule has 0 unspecified atom stereocenters. The van der Waals surface area contributed by atoms with Crippen molar-refractivity contribution in [3.63, 3.8) is 0 Å². The van der Waals surface area contributed by atoms with E-state index in [1.54, 1.807) is 9.80 Å². The third kappa shape index (κ3) is 7.87. The van der Waals surface area contributed by atoms with Gasteiger partial charge in [0.1, 0.15) is 24.1 Å². The Kier molecular flexibility index (Phi) is 8.76. The quantitative estimate of drug-likeness (QED) is 0.568. The van der Waals surface area contributed by atoms with Gasteiger partial charge in [0.15, 0.2) is 0 Å². The summed E-state index contributed by atoms with van der Waals surface area (Å²) in [5, 5.41) is 2.94. The molecule has 0 aromatic heterocycles. The van der Waals surface area contributed by atoms with Crippen LogP contribution in [0.4, 0.5) is 15.3 Å². The van der Waals surface area contributed by atoms with Gasteiger partial charge < -0.3 is 29.3 Å². The van der Waals surface area contributed by atoms with Crippen LogP contribution in [0.2, 0.25) is 0 Å². The standard InChI is InChI=1S/C29H37N3O6/c1-29(2,3)38-28(35)31-17-14-25(15-18-31)37-24-11-9-23(10-12-24)30-26(33)22-13-16-32(19-22)27(34)36-20-21-7-5-4-6-8-21/h4-12,22,25H,13-20H2,1-3H3,(H,30,33)/t22-/m0/s1. The van der Waals surface area contributed by atoms with Gasteiger partial charge in [-0.05, 0) is 57.0 Å². The second-order valence-corrected chi connectivity index (χ2v) is 10.8. The Labute approximate surface area is 224 Å². The third-order valence-corrected chi connectivity index (χ3v) is 6.54. The summed E-state index contributed by atoms with van der Waals surface area (Å²) in [6, 6.07) is 16.8. The second-order valence-electron chi connectivity index (χ2n) is 10.8. The number of rotatable bonds is 6. The number of amides is 3. The van der Waals surface area contributed by atoms with Gasteiger partial charge >= 0.3 is 12.2 Å². The molecule has 2 aliphatic heterocycles. The van der Waals surface area contributed by atoms with Gasteiger partial charge in [0.25, 0.3) is 0 Å². The van der Waals surface area contributed by atoms with Crippen molar-refractivity contribution in [3.8, 4) is 5.75 Å². The fraction of sp³-hybridized carbons (Fsp3) is 0.483. The molecule has 2 fully saturated rings. The Bertz CT molecular complexity index is 1090. The normalized spacial score (nSPS) is 18.1. The number of carbonyl (C=O) groups is 3. The SMILES string of the molecule is CC(C)(C)OC(=O)N1CCC(Oc2ccc(NC(=O)[C@H]3CCN(C(=O)OCc4ccccc4)C3)cc2)CC1. The molecular weight excluding hydrogens is 486 g/mol. The van der Waals surface area contributed by atoms with Gasteiger partial charge in [-0.25, -0.2) is 9.59 Å². The van der Waals surface area contributed by atoms with Crippen molar-refractivity contribution in [2.45, 2.75) is 58.3 Å². The van der Waals surface area contributed by atoms with Gasteiger partial charge in [-0.1, -0.05) is 30.3 Å². The van der Waals surface area contributed by atoms with Crippen molar-refractivity contribution in [2.24, 2.45) is 5.92 Å². The fourth-order valence-electron chi connectivity index (χ4n) is 4.49. The van der Waals surface area contributed by atoms with E-state index >= 15 is 0 Å². The summed E-state index contributed by atoms with van der Waals surface area (Å²) < 4.78 is 16.9. The van der Waals surface area contributed by atoms with E-state index < -0.39 is 11.7 Å². The van der Waals surface area contributed by atoms with Crippen molar-refractivity contribution in [3.05, 3.63) is 60.2 Å². The van der Waals surface area contributed by atoms with Crippen LogP contribution in [0.15, 0.2) is 54.6 Å². The van der Waals surface area contributed by atoms with Crippen molar-refractivity contribution in [2.75, 3.05) is 31.5 Å². The molecule has 1 N–H and O–H groups in total. The number of likely N-dealkylation sites (tertiary alicyclic amines) is 2. The smallest absolute Gasteiger partial charge is 0.410 e. The summed E-state index contributed by atoms with van der Waals surface area (Å²) in [5.41, 5.74) is 1.09. The summed E-state index contributed by atoms with van der Waals surface area (Å²) in [5.74, 6) is 0.309. The van der Waals surface area contributed by atoms with E-state index in [-0.39, 0.29) is 30.6 Å². The number of nitrogens with zero attached hydrogens (tertiary/aromatic N) is 2. The zero-order chi connectivity index (χ0) is 27.1. The number of ether oxygens (including phenoxy) is 3. The molecule has 2 heterocycles. The van der Waals surface area contributed by atoms with Crippen molar-refractivity contribution in [1.29, 1.82) is 0 Å². The molecule has 0 spiro atoms. The lowest BCUT2D eigenvalue weighted by atomic mass is 10.1. The first-order valence-electron chi connectivity index (χ1n) is 13.2. The van der Waals surface area contributed by atoms with Crippen LogP contribution >= 0.6 is 0 Å². The van der Waals surface area contributed by atoms with Crippen LogP contribution in [0.1, 0.15) is 45.6 Å². The number of carbonyl (C=O) groups excluding carboxylic acids is 3. The van der Waals surface area contributed by atoms with Crippen molar-refractivity contribution >= 4 is 23.8 Å². The molecule has 0 radical (unpaired) electrons.